The van der Waals surface area contributed by atoms with Gasteiger partial charge >= 0.3 is 0 Å². The molecule has 1 aromatic heterocycles. The minimum Gasteiger partial charge on any atom is -0.352 e. The van der Waals surface area contributed by atoms with E-state index < -0.39 is 0 Å². The summed E-state index contributed by atoms with van der Waals surface area (Å²) in [5.74, 6) is 0.124. The Morgan fingerprint density at radius 3 is 2.70 bits per heavy atom. The third kappa shape index (κ3) is 4.64. The predicted octanol–water partition coefficient (Wildman–Crippen LogP) is 4.12. The molecule has 0 unspecified atom stereocenters. The van der Waals surface area contributed by atoms with Crippen LogP contribution in [0.3, 0.4) is 0 Å². The molecule has 5 nitrogen and oxygen atoms in total. The summed E-state index contributed by atoms with van der Waals surface area (Å²) < 4.78 is 13.8. The maximum absolute atomic E-state index is 13.8. The van der Waals surface area contributed by atoms with E-state index in [1.807, 2.05) is 43.3 Å². The number of hydrogen-bond acceptors (Lipinski definition) is 4. The second-order valence-electron chi connectivity index (χ2n) is 7.65. The van der Waals surface area contributed by atoms with Crippen LogP contribution in [0, 0.1) is 18.7 Å². The number of nitrogens with zero attached hydrogens (tertiary/aromatic N) is 3. The first kappa shape index (κ1) is 20.0. The number of aryl methyl sites for hydroxylation is 1. The molecule has 2 aromatic carbocycles. The third-order valence-electron chi connectivity index (χ3n) is 5.40. The van der Waals surface area contributed by atoms with Crippen LogP contribution in [0.25, 0.3) is 11.3 Å². The van der Waals surface area contributed by atoms with Crippen molar-refractivity contribution in [3.05, 3.63) is 77.7 Å². The minimum atomic E-state index is -0.301. The van der Waals surface area contributed by atoms with E-state index in [0.29, 0.717) is 18.1 Å². The van der Waals surface area contributed by atoms with Crippen molar-refractivity contribution in [1.29, 1.82) is 0 Å². The molecule has 6 heteroatoms. The molecular formula is C24H25FN4O. The van der Waals surface area contributed by atoms with Crippen LogP contribution in [0.2, 0.25) is 0 Å². The van der Waals surface area contributed by atoms with Gasteiger partial charge in [0.25, 0.3) is 0 Å². The number of carbonyl (C=O) groups excluding carboxylic acids is 1. The fraction of sp³-hybridized carbons (Fsp3) is 0.292. The van der Waals surface area contributed by atoms with Crippen LogP contribution in [0.4, 0.5) is 10.3 Å². The lowest BCUT2D eigenvalue weighted by molar-refractivity contribution is -0.125. The van der Waals surface area contributed by atoms with Gasteiger partial charge in [-0.25, -0.2) is 14.4 Å². The summed E-state index contributed by atoms with van der Waals surface area (Å²) in [6.07, 6.45) is 1.69. The minimum absolute atomic E-state index is 0.0566. The van der Waals surface area contributed by atoms with Crippen molar-refractivity contribution in [2.24, 2.45) is 5.92 Å². The Balaban J connectivity index is 1.45. The van der Waals surface area contributed by atoms with E-state index >= 15 is 0 Å². The third-order valence-corrected chi connectivity index (χ3v) is 5.40. The molecule has 30 heavy (non-hydrogen) atoms. The van der Waals surface area contributed by atoms with Crippen molar-refractivity contribution in [3.63, 3.8) is 0 Å². The number of aromatic nitrogens is 2. The van der Waals surface area contributed by atoms with Crippen molar-refractivity contribution < 1.29 is 9.18 Å². The second-order valence-corrected chi connectivity index (χ2v) is 7.65. The van der Waals surface area contributed by atoms with E-state index in [4.69, 9.17) is 4.98 Å². The molecule has 1 atom stereocenters. The zero-order valence-electron chi connectivity index (χ0n) is 17.0. The van der Waals surface area contributed by atoms with Gasteiger partial charge in [-0.3, -0.25) is 4.79 Å². The SMILES string of the molecule is Cc1cc(-c2ccccc2)nc(N2CCC[C@H](C(=O)NCc3ccccc3F)C2)n1. The van der Waals surface area contributed by atoms with Crippen LogP contribution in [0.15, 0.2) is 60.7 Å². The monoisotopic (exact) mass is 404 g/mol. The van der Waals surface area contributed by atoms with Crippen LogP contribution in [-0.4, -0.2) is 29.0 Å². The lowest BCUT2D eigenvalue weighted by Crippen LogP contribution is -2.43. The van der Waals surface area contributed by atoms with Gasteiger partial charge in [-0.2, -0.15) is 0 Å². The Labute approximate surface area is 176 Å². The number of carbonyl (C=O) groups is 1. The summed E-state index contributed by atoms with van der Waals surface area (Å²) in [6.45, 7) is 3.52. The number of benzene rings is 2. The zero-order chi connectivity index (χ0) is 20.9. The normalized spacial score (nSPS) is 16.3. The average molecular weight is 404 g/mol. The van der Waals surface area contributed by atoms with Gasteiger partial charge in [-0.1, -0.05) is 48.5 Å². The summed E-state index contributed by atoms with van der Waals surface area (Å²) in [6, 6.07) is 18.5. The topological polar surface area (TPSA) is 58.1 Å². The smallest absolute Gasteiger partial charge is 0.226 e. The first-order valence-corrected chi connectivity index (χ1v) is 10.3. The molecule has 0 radical (unpaired) electrons. The van der Waals surface area contributed by atoms with Gasteiger partial charge in [-0.15, -0.1) is 0 Å². The summed E-state index contributed by atoms with van der Waals surface area (Å²) >= 11 is 0. The highest BCUT2D eigenvalue weighted by molar-refractivity contribution is 5.79. The molecule has 0 saturated carbocycles. The fourth-order valence-corrected chi connectivity index (χ4v) is 3.79. The van der Waals surface area contributed by atoms with Gasteiger partial charge in [0.2, 0.25) is 11.9 Å². The van der Waals surface area contributed by atoms with Gasteiger partial charge in [-0.05, 0) is 31.9 Å². The molecule has 0 bridgehead atoms. The van der Waals surface area contributed by atoms with Crippen LogP contribution < -0.4 is 10.2 Å². The molecule has 1 saturated heterocycles. The number of nitrogens with one attached hydrogen (secondary N) is 1. The molecule has 1 N–H and O–H groups in total. The number of rotatable bonds is 5. The van der Waals surface area contributed by atoms with Gasteiger partial charge in [0, 0.05) is 36.5 Å². The molecule has 0 spiro atoms. The van der Waals surface area contributed by atoms with Gasteiger partial charge in [0.15, 0.2) is 0 Å². The van der Waals surface area contributed by atoms with E-state index in [9.17, 15) is 9.18 Å². The molecule has 3 aromatic rings. The highest BCUT2D eigenvalue weighted by Gasteiger charge is 2.27. The fourth-order valence-electron chi connectivity index (χ4n) is 3.79. The highest BCUT2D eigenvalue weighted by atomic mass is 19.1. The summed E-state index contributed by atoms with van der Waals surface area (Å²) in [5, 5.41) is 2.88. The van der Waals surface area contributed by atoms with Gasteiger partial charge in [0.05, 0.1) is 11.6 Å². The molecule has 1 fully saturated rings. The van der Waals surface area contributed by atoms with Crippen molar-refractivity contribution >= 4 is 11.9 Å². The first-order valence-electron chi connectivity index (χ1n) is 10.3. The second kappa shape index (κ2) is 9.03. The number of halogens is 1. The Bertz CT molecular complexity index is 1020. The Morgan fingerprint density at radius 2 is 1.90 bits per heavy atom. The van der Waals surface area contributed by atoms with Crippen molar-refractivity contribution in [2.45, 2.75) is 26.3 Å². The lowest BCUT2D eigenvalue weighted by Gasteiger charge is -2.32. The molecule has 2 heterocycles. The van der Waals surface area contributed by atoms with Crippen LogP contribution in [-0.2, 0) is 11.3 Å². The summed E-state index contributed by atoms with van der Waals surface area (Å²) in [5.41, 5.74) is 3.31. The molecule has 1 aliphatic rings. The van der Waals surface area contributed by atoms with Crippen LogP contribution in [0.5, 0.6) is 0 Å². The Morgan fingerprint density at radius 1 is 1.13 bits per heavy atom. The predicted molar refractivity (Wildman–Crippen MR) is 115 cm³/mol. The summed E-state index contributed by atoms with van der Waals surface area (Å²) in [4.78, 5) is 24.2. The quantitative estimate of drug-likeness (QED) is 0.695. The largest absolute Gasteiger partial charge is 0.352 e. The first-order chi connectivity index (χ1) is 14.6. The average Bonchev–Trinajstić information content (AvgIpc) is 2.78. The molecule has 1 amide bonds. The maximum Gasteiger partial charge on any atom is 0.226 e. The van der Waals surface area contributed by atoms with E-state index in [-0.39, 0.29) is 24.2 Å². The van der Waals surface area contributed by atoms with E-state index in [2.05, 4.69) is 15.2 Å². The van der Waals surface area contributed by atoms with Crippen LogP contribution in [0.1, 0.15) is 24.1 Å². The Hall–Kier alpha value is -3.28. The van der Waals surface area contributed by atoms with Crippen molar-refractivity contribution in [3.8, 4) is 11.3 Å². The van der Waals surface area contributed by atoms with Crippen molar-refractivity contribution in [1.82, 2.24) is 15.3 Å². The van der Waals surface area contributed by atoms with E-state index in [1.54, 1.807) is 18.2 Å². The maximum atomic E-state index is 13.8. The molecule has 1 aliphatic heterocycles. The molecule has 154 valence electrons. The zero-order valence-corrected chi connectivity index (χ0v) is 17.0. The Kier molecular flexibility index (Phi) is 6.02. The number of hydrogen-bond donors (Lipinski definition) is 1. The molecular weight excluding hydrogens is 379 g/mol. The lowest BCUT2D eigenvalue weighted by atomic mass is 9.97. The summed E-state index contributed by atoms with van der Waals surface area (Å²) in [7, 11) is 0. The number of amides is 1. The van der Waals surface area contributed by atoms with Crippen LogP contribution >= 0.6 is 0 Å². The molecule has 4 rings (SSSR count). The van der Waals surface area contributed by atoms with Crippen molar-refractivity contribution in [2.75, 3.05) is 18.0 Å². The van der Waals surface area contributed by atoms with E-state index in [0.717, 1.165) is 36.3 Å². The van der Waals surface area contributed by atoms with Gasteiger partial charge < -0.3 is 10.2 Å². The highest BCUT2D eigenvalue weighted by Crippen LogP contribution is 2.24. The molecule has 0 aliphatic carbocycles. The standard InChI is InChI=1S/C24H25FN4O/c1-17-14-22(18-8-3-2-4-9-18)28-24(27-17)29-13-7-11-20(16-29)23(30)26-15-19-10-5-6-12-21(19)25/h2-6,8-10,12,14,20H,7,11,13,15-16H2,1H3,(H,26,30)/t20-/m0/s1. The van der Waals surface area contributed by atoms with E-state index in [1.165, 1.54) is 6.07 Å². The van der Waals surface area contributed by atoms with Gasteiger partial charge in [0.1, 0.15) is 5.82 Å². The number of piperidine rings is 1. The number of anilines is 1.